The second kappa shape index (κ2) is 7.08. The first-order valence-corrected chi connectivity index (χ1v) is 7.47. The molecule has 1 aromatic rings. The first kappa shape index (κ1) is 17.0. The van der Waals surface area contributed by atoms with Gasteiger partial charge in [-0.3, -0.25) is 4.79 Å². The zero-order valence-corrected chi connectivity index (χ0v) is 13.1. The van der Waals surface area contributed by atoms with Crippen molar-refractivity contribution in [2.24, 2.45) is 5.41 Å². The van der Waals surface area contributed by atoms with Gasteiger partial charge in [0.25, 0.3) is 0 Å². The van der Waals surface area contributed by atoms with Gasteiger partial charge in [0, 0.05) is 11.8 Å². The van der Waals surface area contributed by atoms with Crippen molar-refractivity contribution in [2.45, 2.75) is 26.8 Å². The van der Waals surface area contributed by atoms with E-state index in [1.54, 1.807) is 0 Å². The number of nitrogens with zero attached hydrogens (tertiary/aromatic N) is 2. The van der Waals surface area contributed by atoms with E-state index in [0.29, 0.717) is 5.75 Å². The van der Waals surface area contributed by atoms with Crippen molar-refractivity contribution in [3.63, 3.8) is 0 Å². The number of carbonyl (C=O) groups is 1. The Morgan fingerprint density at radius 1 is 1.60 bits per heavy atom. The molecule has 1 atom stereocenters. The van der Waals surface area contributed by atoms with Gasteiger partial charge in [-0.15, -0.1) is 11.8 Å². The van der Waals surface area contributed by atoms with Crippen LogP contribution in [0.4, 0.5) is 10.2 Å². The summed E-state index contributed by atoms with van der Waals surface area (Å²) in [6, 6.07) is -0.160. The van der Waals surface area contributed by atoms with Gasteiger partial charge in [0.2, 0.25) is 5.28 Å². The fourth-order valence-corrected chi connectivity index (χ4v) is 2.63. The number of hydrogen-bond donors (Lipinski definition) is 2. The maximum atomic E-state index is 13.6. The molecule has 8 heteroatoms. The standard InChI is InChI=1S/C12H17ClFN3O2S/c1-12(2,3)8(5-20-6-9(18)19)16-10-7(14)4-15-11(13)17-10/h4,8H,5-6H2,1-3H3,(H,18,19)(H,15,16,17). The molecule has 0 fully saturated rings. The summed E-state index contributed by atoms with van der Waals surface area (Å²) in [6.45, 7) is 5.94. The molecule has 0 aromatic carbocycles. The van der Waals surface area contributed by atoms with E-state index in [9.17, 15) is 9.18 Å². The molecule has 0 aliphatic heterocycles. The summed E-state index contributed by atoms with van der Waals surface area (Å²) in [4.78, 5) is 17.9. The SMILES string of the molecule is CC(C)(C)C(CSCC(=O)O)Nc1nc(Cl)ncc1F. The molecule has 0 amide bonds. The molecule has 0 aliphatic rings. The van der Waals surface area contributed by atoms with Gasteiger partial charge in [0.05, 0.1) is 11.9 Å². The predicted molar refractivity (Wildman–Crippen MR) is 78.8 cm³/mol. The number of thioether (sulfide) groups is 1. The van der Waals surface area contributed by atoms with E-state index >= 15 is 0 Å². The molecule has 0 spiro atoms. The first-order chi connectivity index (χ1) is 9.20. The van der Waals surface area contributed by atoms with Crippen LogP contribution in [0.1, 0.15) is 20.8 Å². The third-order valence-electron chi connectivity index (χ3n) is 2.58. The summed E-state index contributed by atoms with van der Waals surface area (Å²) in [5.41, 5.74) is -0.199. The smallest absolute Gasteiger partial charge is 0.313 e. The summed E-state index contributed by atoms with van der Waals surface area (Å²) in [5.74, 6) is -0.926. The summed E-state index contributed by atoms with van der Waals surface area (Å²) in [6.07, 6.45) is 1.00. The molecular formula is C12H17ClFN3O2S. The van der Waals surface area contributed by atoms with Gasteiger partial charge in [0.1, 0.15) is 0 Å². The van der Waals surface area contributed by atoms with E-state index in [2.05, 4.69) is 15.3 Å². The number of rotatable bonds is 6. The molecule has 5 nitrogen and oxygen atoms in total. The summed E-state index contributed by atoms with van der Waals surface area (Å²) < 4.78 is 13.6. The number of carboxylic acids is 1. The Hall–Kier alpha value is -1.08. The van der Waals surface area contributed by atoms with E-state index in [-0.39, 0.29) is 28.3 Å². The molecule has 1 rings (SSSR count). The molecule has 1 aromatic heterocycles. The molecule has 0 aliphatic carbocycles. The molecule has 0 radical (unpaired) electrons. The lowest BCUT2D eigenvalue weighted by Crippen LogP contribution is -2.37. The summed E-state index contributed by atoms with van der Waals surface area (Å²) >= 11 is 6.91. The lowest BCUT2D eigenvalue weighted by molar-refractivity contribution is -0.133. The van der Waals surface area contributed by atoms with Crippen LogP contribution in [0.3, 0.4) is 0 Å². The van der Waals surface area contributed by atoms with E-state index in [1.807, 2.05) is 20.8 Å². The van der Waals surface area contributed by atoms with Crippen LogP contribution in [0.15, 0.2) is 6.20 Å². The van der Waals surface area contributed by atoms with Crippen LogP contribution in [0, 0.1) is 11.2 Å². The number of aromatic nitrogens is 2. The summed E-state index contributed by atoms with van der Waals surface area (Å²) in [7, 11) is 0. The van der Waals surface area contributed by atoms with Crippen molar-refractivity contribution < 1.29 is 14.3 Å². The van der Waals surface area contributed by atoms with Crippen LogP contribution in [0.2, 0.25) is 5.28 Å². The molecule has 1 heterocycles. The molecule has 0 saturated carbocycles. The Balaban J connectivity index is 2.79. The van der Waals surface area contributed by atoms with Crippen LogP contribution in [-0.4, -0.2) is 38.6 Å². The fourth-order valence-electron chi connectivity index (χ4n) is 1.38. The van der Waals surface area contributed by atoms with Gasteiger partial charge in [0.15, 0.2) is 11.6 Å². The second-order valence-electron chi connectivity index (χ2n) is 5.31. The van der Waals surface area contributed by atoms with Gasteiger partial charge in [-0.05, 0) is 17.0 Å². The Morgan fingerprint density at radius 2 is 2.25 bits per heavy atom. The van der Waals surface area contributed by atoms with Crippen LogP contribution in [0.5, 0.6) is 0 Å². The number of halogens is 2. The minimum atomic E-state index is -0.876. The van der Waals surface area contributed by atoms with Crippen LogP contribution < -0.4 is 5.32 Å². The van der Waals surface area contributed by atoms with Crippen molar-refractivity contribution in [1.29, 1.82) is 0 Å². The van der Waals surface area contributed by atoms with E-state index in [4.69, 9.17) is 16.7 Å². The number of nitrogens with one attached hydrogen (secondary N) is 1. The average Bonchev–Trinajstić information content (AvgIpc) is 2.30. The Kier molecular flexibility index (Phi) is 6.01. The second-order valence-corrected chi connectivity index (χ2v) is 6.68. The van der Waals surface area contributed by atoms with Crippen LogP contribution in [-0.2, 0) is 4.79 Å². The lowest BCUT2D eigenvalue weighted by atomic mass is 9.88. The van der Waals surface area contributed by atoms with Crippen molar-refractivity contribution >= 4 is 35.1 Å². The van der Waals surface area contributed by atoms with Crippen LogP contribution in [0.25, 0.3) is 0 Å². The lowest BCUT2D eigenvalue weighted by Gasteiger charge is -2.31. The van der Waals surface area contributed by atoms with Gasteiger partial charge < -0.3 is 10.4 Å². The maximum Gasteiger partial charge on any atom is 0.313 e. The number of hydrogen-bond acceptors (Lipinski definition) is 5. The van der Waals surface area contributed by atoms with Crippen molar-refractivity contribution in [1.82, 2.24) is 9.97 Å². The maximum absolute atomic E-state index is 13.6. The zero-order chi connectivity index (χ0) is 15.3. The normalized spacial score (nSPS) is 13.1. The first-order valence-electron chi connectivity index (χ1n) is 5.94. The van der Waals surface area contributed by atoms with Gasteiger partial charge in [-0.25, -0.2) is 9.37 Å². The zero-order valence-electron chi connectivity index (χ0n) is 11.5. The topological polar surface area (TPSA) is 75.1 Å². The highest BCUT2D eigenvalue weighted by molar-refractivity contribution is 7.99. The summed E-state index contributed by atoms with van der Waals surface area (Å²) in [5, 5.41) is 11.6. The molecule has 2 N–H and O–H groups in total. The predicted octanol–water partition coefficient (Wildman–Crippen LogP) is 2.91. The minimum absolute atomic E-state index is 0.00126. The van der Waals surface area contributed by atoms with Gasteiger partial charge >= 0.3 is 5.97 Å². The van der Waals surface area contributed by atoms with Crippen molar-refractivity contribution in [3.05, 3.63) is 17.3 Å². The Labute approximate surface area is 126 Å². The highest BCUT2D eigenvalue weighted by Gasteiger charge is 2.26. The average molecular weight is 322 g/mol. The van der Waals surface area contributed by atoms with Crippen LogP contribution >= 0.6 is 23.4 Å². The number of anilines is 1. The van der Waals surface area contributed by atoms with Gasteiger partial charge in [-0.1, -0.05) is 20.8 Å². The van der Waals surface area contributed by atoms with E-state index in [0.717, 1.165) is 6.20 Å². The number of carboxylic acid groups (broad SMARTS) is 1. The molecule has 112 valence electrons. The van der Waals surface area contributed by atoms with Crippen molar-refractivity contribution in [2.75, 3.05) is 16.8 Å². The van der Waals surface area contributed by atoms with E-state index < -0.39 is 11.8 Å². The van der Waals surface area contributed by atoms with Gasteiger partial charge in [-0.2, -0.15) is 4.98 Å². The Morgan fingerprint density at radius 3 is 2.80 bits per heavy atom. The van der Waals surface area contributed by atoms with E-state index in [1.165, 1.54) is 11.8 Å². The Bertz CT molecular complexity index is 482. The monoisotopic (exact) mass is 321 g/mol. The minimum Gasteiger partial charge on any atom is -0.481 e. The molecule has 20 heavy (non-hydrogen) atoms. The largest absolute Gasteiger partial charge is 0.481 e. The molecule has 0 bridgehead atoms. The highest BCUT2D eigenvalue weighted by atomic mass is 35.5. The van der Waals surface area contributed by atoms with Crippen molar-refractivity contribution in [3.8, 4) is 0 Å². The quantitative estimate of drug-likeness (QED) is 0.785. The third kappa shape index (κ3) is 5.50. The molecular weight excluding hydrogens is 305 g/mol. The highest BCUT2D eigenvalue weighted by Crippen LogP contribution is 2.26. The third-order valence-corrected chi connectivity index (χ3v) is 3.78. The fraction of sp³-hybridized carbons (Fsp3) is 0.583. The molecule has 1 unspecified atom stereocenters. The number of aliphatic carboxylic acids is 1. The molecule has 0 saturated heterocycles.